The summed E-state index contributed by atoms with van der Waals surface area (Å²) < 4.78 is 14.8. The van der Waals surface area contributed by atoms with Gasteiger partial charge in [0.15, 0.2) is 0 Å². The van der Waals surface area contributed by atoms with Crippen molar-refractivity contribution >= 4 is 28.4 Å². The molecule has 0 amide bonds. The number of anilines is 1. The maximum Gasteiger partial charge on any atom is 0.137 e. The molecule has 16 heavy (non-hydrogen) atoms. The second-order valence-electron chi connectivity index (χ2n) is 4.13. The predicted molar refractivity (Wildman–Crippen MR) is 69.3 cm³/mol. The molecule has 0 spiro atoms. The molecule has 5 heteroatoms. The quantitative estimate of drug-likeness (QED) is 0.840. The Morgan fingerprint density at radius 2 is 2.12 bits per heavy atom. The van der Waals surface area contributed by atoms with Gasteiger partial charge in [0, 0.05) is 35.7 Å². The molecule has 0 atom stereocenters. The van der Waals surface area contributed by atoms with Crippen molar-refractivity contribution in [2.45, 2.75) is 18.5 Å². The predicted octanol–water partition coefficient (Wildman–Crippen LogP) is 1.99. The lowest BCUT2D eigenvalue weighted by molar-refractivity contribution is 0.0480. The molecule has 0 aromatic carbocycles. The van der Waals surface area contributed by atoms with Gasteiger partial charge in [-0.2, -0.15) is 0 Å². The van der Waals surface area contributed by atoms with Crippen molar-refractivity contribution < 1.29 is 9.50 Å². The van der Waals surface area contributed by atoms with Gasteiger partial charge in [0.2, 0.25) is 0 Å². The summed E-state index contributed by atoms with van der Waals surface area (Å²) in [6, 6.07) is 3.94. The van der Waals surface area contributed by atoms with Crippen LogP contribution in [0.1, 0.15) is 12.8 Å². The third-order valence-corrected chi connectivity index (χ3v) is 3.62. The van der Waals surface area contributed by atoms with Crippen molar-refractivity contribution in [2.24, 2.45) is 0 Å². The summed E-state index contributed by atoms with van der Waals surface area (Å²) in [5.41, 5.74) is -1.39. The summed E-state index contributed by atoms with van der Waals surface area (Å²) in [5.74, 6) is 0.889. The van der Waals surface area contributed by atoms with Gasteiger partial charge in [0.25, 0.3) is 0 Å². The molecule has 88 valence electrons. The Kier molecular flexibility index (Phi) is 3.63. The summed E-state index contributed by atoms with van der Waals surface area (Å²) in [6.45, 7) is 0.857. The first-order valence-corrected chi connectivity index (χ1v) is 6.37. The number of halogens is 2. The van der Waals surface area contributed by atoms with Crippen molar-refractivity contribution in [1.29, 1.82) is 0 Å². The van der Waals surface area contributed by atoms with Crippen LogP contribution in [0, 0.1) is 3.57 Å². The second-order valence-corrected chi connectivity index (χ2v) is 5.38. The van der Waals surface area contributed by atoms with Crippen LogP contribution in [0.3, 0.4) is 0 Å². The molecule has 0 aliphatic carbocycles. The number of rotatable bonds is 2. The van der Waals surface area contributed by atoms with Crippen molar-refractivity contribution in [1.82, 2.24) is 4.98 Å². The monoisotopic (exact) mass is 336 g/mol. The highest BCUT2D eigenvalue weighted by Gasteiger charge is 2.34. The minimum absolute atomic E-state index is 0.372. The molecule has 0 bridgehead atoms. The minimum atomic E-state index is -1.39. The number of piperidine rings is 1. The first-order chi connectivity index (χ1) is 7.63. The molecule has 1 aromatic heterocycles. The van der Waals surface area contributed by atoms with E-state index in [9.17, 15) is 4.39 Å². The summed E-state index contributed by atoms with van der Waals surface area (Å²) in [6.07, 6.45) is 2.55. The molecule has 1 aliphatic rings. The molecule has 2 rings (SSSR count). The first-order valence-electron chi connectivity index (χ1n) is 5.29. The molecule has 1 saturated heterocycles. The SMILES string of the molecule is OCC1(F)CCN(c2ccc(I)cn2)CC1. The normalized spacial score (nSPS) is 19.8. The number of aliphatic hydroxyl groups is 1. The highest BCUT2D eigenvalue weighted by Crippen LogP contribution is 2.28. The van der Waals surface area contributed by atoms with Gasteiger partial charge in [-0.15, -0.1) is 0 Å². The number of aromatic nitrogens is 1. The number of hydrogen-bond donors (Lipinski definition) is 1. The molecule has 1 aliphatic heterocycles. The summed E-state index contributed by atoms with van der Waals surface area (Å²) in [4.78, 5) is 6.37. The average molecular weight is 336 g/mol. The van der Waals surface area contributed by atoms with Gasteiger partial charge >= 0.3 is 0 Å². The molecule has 1 aromatic rings. The van der Waals surface area contributed by atoms with E-state index < -0.39 is 5.67 Å². The third-order valence-electron chi connectivity index (χ3n) is 2.98. The molecule has 0 unspecified atom stereocenters. The number of pyridine rings is 1. The number of hydrogen-bond acceptors (Lipinski definition) is 3. The van der Waals surface area contributed by atoms with E-state index >= 15 is 0 Å². The Bertz CT molecular complexity index is 350. The van der Waals surface area contributed by atoms with Crippen LogP contribution in [-0.4, -0.2) is 35.5 Å². The zero-order chi connectivity index (χ0) is 11.6. The highest BCUT2D eigenvalue weighted by atomic mass is 127. The fraction of sp³-hybridized carbons (Fsp3) is 0.545. The zero-order valence-electron chi connectivity index (χ0n) is 8.87. The molecule has 1 N–H and O–H groups in total. The van der Waals surface area contributed by atoms with E-state index in [2.05, 4.69) is 32.5 Å². The minimum Gasteiger partial charge on any atom is -0.393 e. The van der Waals surface area contributed by atoms with E-state index in [1.165, 1.54) is 0 Å². The Hall–Kier alpha value is -0.430. The lowest BCUT2D eigenvalue weighted by atomic mass is 9.94. The summed E-state index contributed by atoms with van der Waals surface area (Å²) in [7, 11) is 0. The standard InChI is InChI=1S/C11H14FIN2O/c12-11(8-16)3-5-15(6-4-11)10-2-1-9(13)7-14-10/h1-2,7,16H,3-6,8H2. The third kappa shape index (κ3) is 2.63. The van der Waals surface area contributed by atoms with Gasteiger partial charge < -0.3 is 10.0 Å². The van der Waals surface area contributed by atoms with E-state index in [4.69, 9.17) is 5.11 Å². The van der Waals surface area contributed by atoms with Crippen LogP contribution < -0.4 is 4.90 Å². The van der Waals surface area contributed by atoms with Gasteiger partial charge in [-0.25, -0.2) is 9.37 Å². The average Bonchev–Trinajstić information content (AvgIpc) is 2.32. The van der Waals surface area contributed by atoms with Crippen LogP contribution >= 0.6 is 22.6 Å². The van der Waals surface area contributed by atoms with Gasteiger partial charge in [0.1, 0.15) is 11.5 Å². The summed E-state index contributed by atoms with van der Waals surface area (Å²) >= 11 is 2.20. The molecule has 3 nitrogen and oxygen atoms in total. The second kappa shape index (κ2) is 4.83. The Balaban J connectivity index is 2.01. The highest BCUT2D eigenvalue weighted by molar-refractivity contribution is 14.1. The van der Waals surface area contributed by atoms with Crippen LogP contribution in [0.4, 0.5) is 10.2 Å². The molecule has 0 saturated carbocycles. The molecule has 2 heterocycles. The topological polar surface area (TPSA) is 36.4 Å². The molecular formula is C11H14FIN2O. The first kappa shape index (κ1) is 12.0. The lowest BCUT2D eigenvalue weighted by Gasteiger charge is -2.35. The van der Waals surface area contributed by atoms with Crippen LogP contribution in [0.15, 0.2) is 18.3 Å². The number of nitrogens with zero attached hydrogens (tertiary/aromatic N) is 2. The largest absolute Gasteiger partial charge is 0.393 e. The van der Waals surface area contributed by atoms with Crippen molar-refractivity contribution in [3.8, 4) is 0 Å². The Morgan fingerprint density at radius 3 is 2.62 bits per heavy atom. The Labute approximate surface area is 108 Å². The van der Waals surface area contributed by atoms with E-state index in [0.29, 0.717) is 25.9 Å². The molecule has 1 fully saturated rings. The fourth-order valence-corrected chi connectivity index (χ4v) is 2.17. The Morgan fingerprint density at radius 1 is 1.44 bits per heavy atom. The molecular weight excluding hydrogens is 322 g/mol. The van der Waals surface area contributed by atoms with Crippen LogP contribution in [0.5, 0.6) is 0 Å². The van der Waals surface area contributed by atoms with Crippen LogP contribution in [0.25, 0.3) is 0 Å². The van der Waals surface area contributed by atoms with Crippen molar-refractivity contribution in [3.63, 3.8) is 0 Å². The smallest absolute Gasteiger partial charge is 0.137 e. The van der Waals surface area contributed by atoms with Gasteiger partial charge in [0.05, 0.1) is 6.61 Å². The van der Waals surface area contributed by atoms with Crippen LogP contribution in [-0.2, 0) is 0 Å². The maximum atomic E-state index is 13.8. The van der Waals surface area contributed by atoms with E-state index in [0.717, 1.165) is 9.39 Å². The van der Waals surface area contributed by atoms with Gasteiger partial charge in [-0.05, 0) is 34.7 Å². The number of alkyl halides is 1. The van der Waals surface area contributed by atoms with Crippen molar-refractivity contribution in [3.05, 3.63) is 21.9 Å². The van der Waals surface area contributed by atoms with Gasteiger partial charge in [-0.3, -0.25) is 0 Å². The maximum absolute atomic E-state index is 13.8. The number of aliphatic hydroxyl groups excluding tert-OH is 1. The lowest BCUT2D eigenvalue weighted by Crippen LogP contribution is -2.44. The fourth-order valence-electron chi connectivity index (χ4n) is 1.85. The summed E-state index contributed by atoms with van der Waals surface area (Å²) in [5, 5.41) is 8.93. The molecule has 0 radical (unpaired) electrons. The zero-order valence-corrected chi connectivity index (χ0v) is 11.0. The van der Waals surface area contributed by atoms with Gasteiger partial charge in [-0.1, -0.05) is 0 Å². The van der Waals surface area contributed by atoms with E-state index in [1.807, 2.05) is 12.1 Å². The van der Waals surface area contributed by atoms with Crippen LogP contribution in [0.2, 0.25) is 0 Å². The van der Waals surface area contributed by atoms with E-state index in [-0.39, 0.29) is 6.61 Å². The van der Waals surface area contributed by atoms with Crippen molar-refractivity contribution in [2.75, 3.05) is 24.6 Å². The van der Waals surface area contributed by atoms with E-state index in [1.54, 1.807) is 6.20 Å².